The minimum absolute atomic E-state index is 0.270. The second kappa shape index (κ2) is 13.3. The molecule has 1 aromatic heterocycles. The van der Waals surface area contributed by atoms with Gasteiger partial charge in [-0.15, -0.1) is 11.3 Å². The van der Waals surface area contributed by atoms with Crippen LogP contribution in [0.2, 0.25) is 0 Å². The number of allylic oxidation sites excluding steroid dienone is 1. The van der Waals surface area contributed by atoms with Gasteiger partial charge in [0.2, 0.25) is 21.8 Å². The predicted molar refractivity (Wildman–Crippen MR) is 168 cm³/mol. The maximum Gasteiger partial charge on any atom is 0.261 e. The van der Waals surface area contributed by atoms with Gasteiger partial charge in [-0.1, -0.05) is 38.3 Å². The summed E-state index contributed by atoms with van der Waals surface area (Å²) in [6.07, 6.45) is 11.3. The molecule has 0 radical (unpaired) electrons. The molecule has 1 aliphatic heterocycles. The van der Waals surface area contributed by atoms with Crippen LogP contribution in [-0.4, -0.2) is 71.5 Å². The van der Waals surface area contributed by atoms with E-state index in [1.165, 1.54) is 4.90 Å². The first kappa shape index (κ1) is 34.1. The quantitative estimate of drug-likeness (QED) is 0.168. The smallest absolute Gasteiger partial charge is 0.261 e. The topological polar surface area (TPSA) is 162 Å². The average Bonchev–Trinajstić information content (AvgIpc) is 3.68. The van der Waals surface area contributed by atoms with E-state index in [2.05, 4.69) is 22.3 Å². The lowest BCUT2D eigenvalue weighted by Crippen LogP contribution is -2.57. The minimum Gasteiger partial charge on any atom is -0.385 e. The summed E-state index contributed by atoms with van der Waals surface area (Å²) >= 11 is 1.14. The van der Waals surface area contributed by atoms with Gasteiger partial charge in [-0.2, -0.15) is 0 Å². The first-order chi connectivity index (χ1) is 20.6. The third kappa shape index (κ3) is 7.71. The second-order valence-electron chi connectivity index (χ2n) is 13.1. The van der Waals surface area contributed by atoms with Crippen LogP contribution in [0.15, 0.2) is 24.3 Å². The van der Waals surface area contributed by atoms with E-state index in [-0.39, 0.29) is 18.9 Å². The van der Waals surface area contributed by atoms with Crippen molar-refractivity contribution in [3.8, 4) is 0 Å². The highest BCUT2D eigenvalue weighted by molar-refractivity contribution is 7.91. The van der Waals surface area contributed by atoms with Crippen LogP contribution in [0.25, 0.3) is 0 Å². The molecule has 3 aliphatic rings. The highest BCUT2D eigenvalue weighted by Gasteiger charge is 2.62. The Hall–Kier alpha value is -2.77. The first-order valence-corrected chi connectivity index (χ1v) is 17.9. The summed E-state index contributed by atoms with van der Waals surface area (Å²) in [7, 11) is -3.90. The zero-order chi connectivity index (χ0) is 32.3. The fraction of sp³-hybridized carbons (Fsp3) is 0.677. The molecular weight excluding hydrogens is 604 g/mol. The van der Waals surface area contributed by atoms with Gasteiger partial charge in [0.25, 0.3) is 11.8 Å². The van der Waals surface area contributed by atoms with Crippen molar-refractivity contribution in [2.45, 2.75) is 114 Å². The molecule has 4 N–H and O–H groups in total. The summed E-state index contributed by atoms with van der Waals surface area (Å²) in [4.78, 5) is 55.2. The number of carbonyl (C=O) groups excluding carboxylic acids is 4. The Labute approximate surface area is 264 Å². The molecule has 13 heteroatoms. The zero-order valence-corrected chi connectivity index (χ0v) is 27.7. The molecule has 0 bridgehead atoms. The molecule has 3 unspecified atom stereocenters. The Kier molecular flexibility index (Phi) is 10.3. The van der Waals surface area contributed by atoms with Gasteiger partial charge in [0.05, 0.1) is 21.8 Å². The number of amides is 4. The van der Waals surface area contributed by atoms with Crippen molar-refractivity contribution in [3.63, 3.8) is 0 Å². The summed E-state index contributed by atoms with van der Waals surface area (Å²) in [5.74, 6) is -2.51. The van der Waals surface area contributed by atoms with E-state index in [0.717, 1.165) is 43.4 Å². The molecule has 3 atom stereocenters. The maximum absolute atomic E-state index is 13.6. The molecule has 0 spiro atoms. The molecule has 44 heavy (non-hydrogen) atoms. The normalized spacial score (nSPS) is 24.2. The lowest BCUT2D eigenvalue weighted by Gasteiger charge is -2.27. The number of nitrogens with zero attached hydrogens (tertiary/aromatic N) is 1. The van der Waals surface area contributed by atoms with Crippen LogP contribution >= 0.6 is 11.3 Å². The number of hydrogen-bond donors (Lipinski definition) is 4. The number of likely N-dealkylation sites (tertiary alicyclic amines) is 1. The van der Waals surface area contributed by atoms with E-state index in [9.17, 15) is 32.7 Å². The molecule has 3 fully saturated rings. The number of hydrogen-bond acceptors (Lipinski definition) is 8. The van der Waals surface area contributed by atoms with Gasteiger partial charge in [0, 0.05) is 17.3 Å². The molecule has 11 nitrogen and oxygen atoms in total. The largest absolute Gasteiger partial charge is 0.385 e. The molecule has 2 aliphatic carbocycles. The van der Waals surface area contributed by atoms with Crippen molar-refractivity contribution >= 4 is 45.0 Å². The van der Waals surface area contributed by atoms with E-state index in [0.29, 0.717) is 42.0 Å². The lowest BCUT2D eigenvalue weighted by atomic mass is 10.1. The van der Waals surface area contributed by atoms with E-state index in [1.807, 2.05) is 12.2 Å². The monoisotopic (exact) mass is 650 g/mol. The third-order valence-electron chi connectivity index (χ3n) is 8.90. The van der Waals surface area contributed by atoms with Gasteiger partial charge >= 0.3 is 0 Å². The van der Waals surface area contributed by atoms with Crippen molar-refractivity contribution in [1.29, 1.82) is 0 Å². The van der Waals surface area contributed by atoms with Crippen LogP contribution in [0.5, 0.6) is 0 Å². The first-order valence-electron chi connectivity index (χ1n) is 15.6. The predicted octanol–water partition coefficient (Wildman–Crippen LogP) is 3.10. The van der Waals surface area contributed by atoms with E-state index < -0.39 is 55.6 Å². The van der Waals surface area contributed by atoms with Crippen LogP contribution in [-0.2, 0) is 30.0 Å². The number of thiophene rings is 1. The van der Waals surface area contributed by atoms with Gasteiger partial charge in [-0.3, -0.25) is 23.9 Å². The number of nitrogens with one attached hydrogen (secondary N) is 3. The average molecular weight is 651 g/mol. The maximum atomic E-state index is 13.6. The molecule has 1 saturated heterocycles. The van der Waals surface area contributed by atoms with Gasteiger partial charge in [-0.05, 0) is 77.8 Å². The van der Waals surface area contributed by atoms with E-state index in [1.54, 1.807) is 32.9 Å². The Balaban J connectivity index is 1.40. The Bertz CT molecular complexity index is 1390. The zero-order valence-electron chi connectivity index (χ0n) is 26.1. The molecule has 244 valence electrons. The minimum atomic E-state index is -3.90. The number of aliphatic hydroxyl groups is 1. The van der Waals surface area contributed by atoms with Crippen molar-refractivity contribution in [3.05, 3.63) is 34.0 Å². The Morgan fingerprint density at radius 2 is 1.89 bits per heavy atom. The molecule has 2 saturated carbocycles. The summed E-state index contributed by atoms with van der Waals surface area (Å²) < 4.78 is 27.0. The highest BCUT2D eigenvalue weighted by Crippen LogP contribution is 2.47. The second-order valence-corrected chi connectivity index (χ2v) is 16.4. The summed E-state index contributed by atoms with van der Waals surface area (Å²) in [5, 5.41) is 15.6. The Morgan fingerprint density at radius 3 is 2.52 bits per heavy atom. The van der Waals surface area contributed by atoms with Gasteiger partial charge in [0.15, 0.2) is 0 Å². The number of rotatable bonds is 15. The molecule has 2 heterocycles. The van der Waals surface area contributed by atoms with Crippen LogP contribution in [0.3, 0.4) is 0 Å². The third-order valence-corrected chi connectivity index (χ3v) is 12.5. The number of unbranched alkanes of at least 4 members (excludes halogenated alkanes) is 4. The highest BCUT2D eigenvalue weighted by atomic mass is 32.2. The number of sulfonamides is 1. The fourth-order valence-electron chi connectivity index (χ4n) is 5.49. The number of carbonyl (C=O) groups is 4. The molecule has 0 aromatic carbocycles. The van der Waals surface area contributed by atoms with Gasteiger partial charge < -0.3 is 20.6 Å². The van der Waals surface area contributed by atoms with Crippen LogP contribution < -0.4 is 15.4 Å². The van der Waals surface area contributed by atoms with Crippen molar-refractivity contribution < 1.29 is 32.7 Å². The SMILES string of the molecule is CCCCCC/C=C\C1CC1(NC(=O)C1CCCN1C(=O)CNC(=O)c1ccc(C(C)(C)O)s1)C(=O)NS(=O)(=O)C1(C)CC1. The lowest BCUT2D eigenvalue weighted by molar-refractivity contribution is -0.139. The molecule has 4 amide bonds. The van der Waals surface area contributed by atoms with E-state index in [4.69, 9.17) is 0 Å². The van der Waals surface area contributed by atoms with Crippen LogP contribution in [0, 0.1) is 5.92 Å². The molecular formula is C31H46N4O7S2. The van der Waals surface area contributed by atoms with Crippen molar-refractivity contribution in [2.24, 2.45) is 5.92 Å². The van der Waals surface area contributed by atoms with Crippen LogP contribution in [0.4, 0.5) is 0 Å². The molecule has 1 aromatic rings. The standard InChI is InChI=1S/C31H46N4O7S2/c1-5-6-7-8-9-10-12-21-19-31(21,28(39)34-44(41,42)30(4)16-17-30)33-26(37)22-13-11-18-35(22)25(36)20-32-27(38)23-14-15-24(43-23)29(2,3)40/h10,12,14-15,21-22,40H,5-9,11,13,16-20H2,1-4H3,(H,32,38)(H,33,37)(H,34,39)/b12-10-. The van der Waals surface area contributed by atoms with Crippen molar-refractivity contribution in [2.75, 3.05) is 13.1 Å². The van der Waals surface area contributed by atoms with E-state index >= 15 is 0 Å². The van der Waals surface area contributed by atoms with Crippen LogP contribution in [0.1, 0.15) is 106 Å². The Morgan fingerprint density at radius 1 is 1.16 bits per heavy atom. The summed E-state index contributed by atoms with van der Waals surface area (Å²) in [5.41, 5.74) is -2.49. The summed E-state index contributed by atoms with van der Waals surface area (Å²) in [6, 6.07) is 2.41. The summed E-state index contributed by atoms with van der Waals surface area (Å²) in [6.45, 7) is 6.99. The molecule has 4 rings (SSSR count). The van der Waals surface area contributed by atoms with Gasteiger partial charge in [-0.25, -0.2) is 8.42 Å². The fourth-order valence-corrected chi connectivity index (χ4v) is 7.72. The van der Waals surface area contributed by atoms with Crippen molar-refractivity contribution in [1.82, 2.24) is 20.3 Å². The van der Waals surface area contributed by atoms with Gasteiger partial charge in [0.1, 0.15) is 11.6 Å².